The summed E-state index contributed by atoms with van der Waals surface area (Å²) >= 11 is 1.46. The molecular weight excluding hydrogens is 298 g/mol. The molecule has 1 amide bonds. The first-order valence-electron chi connectivity index (χ1n) is 7.01. The molecule has 0 saturated carbocycles. The fourth-order valence-corrected chi connectivity index (χ4v) is 3.11. The van der Waals surface area contributed by atoms with Gasteiger partial charge in [-0.25, -0.2) is 9.97 Å². The summed E-state index contributed by atoms with van der Waals surface area (Å²) in [6.45, 7) is 4.46. The quantitative estimate of drug-likeness (QED) is 0.843. The van der Waals surface area contributed by atoms with Crippen LogP contribution in [0, 0.1) is 18.3 Å². The summed E-state index contributed by atoms with van der Waals surface area (Å²) in [5, 5.41) is 10.9. The minimum atomic E-state index is 0.0810. The molecule has 0 radical (unpaired) electrons. The zero-order valence-corrected chi connectivity index (χ0v) is 13.0. The number of carbonyl (C=O) groups is 1. The minimum absolute atomic E-state index is 0.0810. The summed E-state index contributed by atoms with van der Waals surface area (Å²) in [5.41, 5.74) is 1.15. The summed E-state index contributed by atoms with van der Waals surface area (Å²) < 4.78 is 0. The lowest BCUT2D eigenvalue weighted by Crippen LogP contribution is -2.49. The third kappa shape index (κ3) is 2.92. The highest BCUT2D eigenvalue weighted by Gasteiger charge is 2.24. The largest absolute Gasteiger partial charge is 0.337 e. The van der Waals surface area contributed by atoms with Crippen molar-refractivity contribution in [2.45, 2.75) is 6.92 Å². The maximum atomic E-state index is 12.3. The van der Waals surface area contributed by atoms with Gasteiger partial charge >= 0.3 is 0 Å². The van der Waals surface area contributed by atoms with Crippen LogP contribution in [0.4, 0.5) is 5.95 Å². The van der Waals surface area contributed by atoms with Crippen molar-refractivity contribution in [3.8, 4) is 6.07 Å². The van der Waals surface area contributed by atoms with Gasteiger partial charge < -0.3 is 9.80 Å². The Hall–Kier alpha value is -2.46. The SMILES string of the molecule is Cc1cc(C#N)nc(N2CCN(C(=O)c3cccs3)CC2)n1. The van der Waals surface area contributed by atoms with Gasteiger partial charge in [-0.3, -0.25) is 4.79 Å². The lowest BCUT2D eigenvalue weighted by Gasteiger charge is -2.34. The number of rotatable bonds is 2. The van der Waals surface area contributed by atoms with Gasteiger partial charge in [0.2, 0.25) is 5.95 Å². The van der Waals surface area contributed by atoms with Gasteiger partial charge in [0.05, 0.1) is 4.88 Å². The number of hydrogen-bond donors (Lipinski definition) is 0. The van der Waals surface area contributed by atoms with E-state index in [1.807, 2.05) is 34.2 Å². The van der Waals surface area contributed by atoms with Crippen LogP contribution in [-0.4, -0.2) is 47.0 Å². The topological polar surface area (TPSA) is 73.1 Å². The third-order valence-electron chi connectivity index (χ3n) is 3.54. The van der Waals surface area contributed by atoms with Crippen molar-refractivity contribution in [3.63, 3.8) is 0 Å². The van der Waals surface area contributed by atoms with E-state index < -0.39 is 0 Å². The second-order valence-corrected chi connectivity index (χ2v) is 6.01. The maximum absolute atomic E-state index is 12.3. The van der Waals surface area contributed by atoms with Gasteiger partial charge in [0, 0.05) is 31.9 Å². The van der Waals surface area contributed by atoms with Gasteiger partial charge in [0.1, 0.15) is 11.8 Å². The Balaban J connectivity index is 1.68. The third-order valence-corrected chi connectivity index (χ3v) is 4.40. The van der Waals surface area contributed by atoms with E-state index in [9.17, 15) is 4.79 Å². The molecule has 3 heterocycles. The van der Waals surface area contributed by atoms with Crippen LogP contribution in [0.15, 0.2) is 23.6 Å². The van der Waals surface area contributed by atoms with Crippen molar-refractivity contribution in [1.29, 1.82) is 5.26 Å². The molecule has 0 N–H and O–H groups in total. The van der Waals surface area contributed by atoms with Gasteiger partial charge in [-0.05, 0) is 24.4 Å². The molecule has 0 atom stereocenters. The van der Waals surface area contributed by atoms with Crippen molar-refractivity contribution >= 4 is 23.2 Å². The van der Waals surface area contributed by atoms with Crippen LogP contribution < -0.4 is 4.90 Å². The number of nitrogens with zero attached hydrogens (tertiary/aromatic N) is 5. The van der Waals surface area contributed by atoms with E-state index in [1.165, 1.54) is 11.3 Å². The highest BCUT2D eigenvalue weighted by molar-refractivity contribution is 7.12. The normalized spacial score (nSPS) is 14.7. The number of anilines is 1. The van der Waals surface area contributed by atoms with Crippen molar-refractivity contribution < 1.29 is 4.79 Å². The standard InChI is InChI=1S/C15H15N5OS/c1-11-9-12(10-16)18-15(17-11)20-6-4-19(5-7-20)14(21)13-3-2-8-22-13/h2-3,8-9H,4-7H2,1H3. The number of amides is 1. The summed E-state index contributed by atoms with van der Waals surface area (Å²) in [5.74, 6) is 0.650. The van der Waals surface area contributed by atoms with E-state index >= 15 is 0 Å². The van der Waals surface area contributed by atoms with Crippen LogP contribution in [-0.2, 0) is 0 Å². The Morgan fingerprint density at radius 3 is 2.73 bits per heavy atom. The molecule has 2 aromatic rings. The molecule has 112 valence electrons. The molecular formula is C15H15N5OS. The lowest BCUT2D eigenvalue weighted by atomic mass is 10.3. The predicted octanol–water partition coefficient (Wildman–Crippen LogP) is 1.68. The smallest absolute Gasteiger partial charge is 0.264 e. The molecule has 1 saturated heterocycles. The molecule has 0 aliphatic carbocycles. The Kier molecular flexibility index (Phi) is 4.02. The molecule has 1 aliphatic rings. The van der Waals surface area contributed by atoms with Gasteiger partial charge in [-0.1, -0.05) is 6.07 Å². The number of aromatic nitrogens is 2. The van der Waals surface area contributed by atoms with E-state index in [4.69, 9.17) is 5.26 Å². The molecule has 3 rings (SSSR count). The van der Waals surface area contributed by atoms with Crippen molar-refractivity contribution in [2.24, 2.45) is 0 Å². The molecule has 1 fully saturated rings. The molecule has 0 bridgehead atoms. The first-order chi connectivity index (χ1) is 10.7. The Morgan fingerprint density at radius 1 is 1.32 bits per heavy atom. The second-order valence-electron chi connectivity index (χ2n) is 5.06. The van der Waals surface area contributed by atoms with Crippen molar-refractivity contribution in [1.82, 2.24) is 14.9 Å². The number of carbonyl (C=O) groups excluding carboxylic acids is 1. The van der Waals surface area contributed by atoms with E-state index in [0.29, 0.717) is 37.8 Å². The molecule has 0 aromatic carbocycles. The fourth-order valence-electron chi connectivity index (χ4n) is 2.42. The number of hydrogen-bond acceptors (Lipinski definition) is 6. The van der Waals surface area contributed by atoms with Gasteiger partial charge in [0.25, 0.3) is 5.91 Å². The van der Waals surface area contributed by atoms with E-state index in [1.54, 1.807) is 6.07 Å². The molecule has 22 heavy (non-hydrogen) atoms. The number of piperazine rings is 1. The predicted molar refractivity (Wildman–Crippen MR) is 83.9 cm³/mol. The van der Waals surface area contributed by atoms with E-state index in [0.717, 1.165) is 10.6 Å². The van der Waals surface area contributed by atoms with Crippen LogP contribution in [0.3, 0.4) is 0 Å². The van der Waals surface area contributed by atoms with E-state index in [-0.39, 0.29) is 5.91 Å². The zero-order valence-electron chi connectivity index (χ0n) is 12.2. The van der Waals surface area contributed by atoms with Crippen LogP contribution in [0.5, 0.6) is 0 Å². The Labute approximate surface area is 132 Å². The minimum Gasteiger partial charge on any atom is -0.337 e. The molecule has 1 aliphatic heterocycles. The van der Waals surface area contributed by atoms with Crippen LogP contribution >= 0.6 is 11.3 Å². The molecule has 6 nitrogen and oxygen atoms in total. The van der Waals surface area contributed by atoms with Gasteiger partial charge in [-0.15, -0.1) is 11.3 Å². The number of nitriles is 1. The average molecular weight is 313 g/mol. The Morgan fingerprint density at radius 2 is 2.09 bits per heavy atom. The Bertz CT molecular complexity index is 714. The number of thiophene rings is 1. The molecule has 0 spiro atoms. The van der Waals surface area contributed by atoms with Crippen molar-refractivity contribution in [2.75, 3.05) is 31.1 Å². The zero-order chi connectivity index (χ0) is 15.5. The monoisotopic (exact) mass is 313 g/mol. The van der Waals surface area contributed by atoms with Crippen LogP contribution in [0.25, 0.3) is 0 Å². The van der Waals surface area contributed by atoms with E-state index in [2.05, 4.69) is 16.0 Å². The van der Waals surface area contributed by atoms with Crippen LogP contribution in [0.1, 0.15) is 21.1 Å². The second kappa shape index (κ2) is 6.12. The lowest BCUT2D eigenvalue weighted by molar-refractivity contribution is 0.0751. The maximum Gasteiger partial charge on any atom is 0.264 e. The molecule has 2 aromatic heterocycles. The van der Waals surface area contributed by atoms with Crippen molar-refractivity contribution in [3.05, 3.63) is 39.8 Å². The summed E-state index contributed by atoms with van der Waals surface area (Å²) in [4.78, 5) is 25.6. The molecule has 0 unspecified atom stereocenters. The fraction of sp³-hybridized carbons (Fsp3) is 0.333. The first kappa shape index (κ1) is 14.5. The van der Waals surface area contributed by atoms with Gasteiger partial charge in [-0.2, -0.15) is 5.26 Å². The molecule has 7 heteroatoms. The van der Waals surface area contributed by atoms with Gasteiger partial charge in [0.15, 0.2) is 0 Å². The summed E-state index contributed by atoms with van der Waals surface area (Å²) in [7, 11) is 0. The average Bonchev–Trinajstić information content (AvgIpc) is 3.08. The summed E-state index contributed by atoms with van der Waals surface area (Å²) in [6, 6.07) is 7.46. The summed E-state index contributed by atoms with van der Waals surface area (Å²) in [6.07, 6.45) is 0. The first-order valence-corrected chi connectivity index (χ1v) is 7.89. The van der Waals surface area contributed by atoms with Crippen LogP contribution in [0.2, 0.25) is 0 Å². The highest BCUT2D eigenvalue weighted by Crippen LogP contribution is 2.16. The number of aryl methyl sites for hydroxylation is 1. The highest BCUT2D eigenvalue weighted by atomic mass is 32.1.